The Bertz CT molecular complexity index is 1610. The average molecular weight is 523 g/mol. The first-order valence-corrected chi connectivity index (χ1v) is 13.0. The molecule has 0 radical (unpaired) electrons. The van der Waals surface area contributed by atoms with Gasteiger partial charge in [0.05, 0.1) is 29.5 Å². The molecule has 0 unspecified atom stereocenters. The van der Waals surface area contributed by atoms with Crippen LogP contribution in [0.3, 0.4) is 0 Å². The van der Waals surface area contributed by atoms with Gasteiger partial charge in [-0.2, -0.15) is 0 Å². The van der Waals surface area contributed by atoms with Gasteiger partial charge in [0.2, 0.25) is 5.91 Å². The minimum Gasteiger partial charge on any atom is -0.395 e. The van der Waals surface area contributed by atoms with Crippen LogP contribution in [0.15, 0.2) is 70.7 Å². The van der Waals surface area contributed by atoms with E-state index in [0.717, 1.165) is 5.56 Å². The van der Waals surface area contributed by atoms with Gasteiger partial charge in [-0.3, -0.25) is 9.52 Å². The van der Waals surface area contributed by atoms with Gasteiger partial charge in [-0.25, -0.2) is 18.0 Å². The molecule has 192 valence electrons. The number of anilines is 2. The number of carbonyl (C=O) groups is 1. The molecule has 1 amide bonds. The number of hydrogen-bond acceptors (Lipinski definition) is 6. The zero-order valence-electron chi connectivity index (χ0n) is 20.9. The van der Waals surface area contributed by atoms with Gasteiger partial charge in [-0.1, -0.05) is 24.3 Å². The molecule has 0 aliphatic rings. The summed E-state index contributed by atoms with van der Waals surface area (Å²) in [4.78, 5) is 26.5. The molecule has 0 saturated carbocycles. The number of carbonyl (C=O) groups excluding carboxylic acids is 1. The number of nitrogens with one attached hydrogen (secondary N) is 3. The number of nitroso groups, excluding NO2 is 1. The molecule has 11 heteroatoms. The summed E-state index contributed by atoms with van der Waals surface area (Å²) >= 11 is 0. The molecule has 1 aromatic heterocycles. The van der Waals surface area contributed by atoms with Crippen LogP contribution in [-0.4, -0.2) is 31.0 Å². The standard InChI is InChI=1S/C26H27N5O5S/c1-16-23(29-34)28-24(31(16)4)21-13-14-22(20-8-6-5-7-19(20)21)37(35,36)30-18-11-9-17(10-12-18)27-25(33)26(2,3)15-32/h5-14,30,32H,15H2,1-4H3,(H,27,33)/p+1. The minimum atomic E-state index is -3.98. The molecule has 0 saturated heterocycles. The fourth-order valence-electron chi connectivity index (χ4n) is 3.87. The topological polar surface area (TPSA) is 145 Å². The molecule has 4 rings (SSSR count). The van der Waals surface area contributed by atoms with Gasteiger partial charge in [-0.15, -0.1) is 4.91 Å². The third kappa shape index (κ3) is 4.95. The van der Waals surface area contributed by atoms with Gasteiger partial charge in [0, 0.05) is 28.9 Å². The summed E-state index contributed by atoms with van der Waals surface area (Å²) in [6, 6.07) is 16.6. The summed E-state index contributed by atoms with van der Waals surface area (Å²) in [6.07, 6.45) is 0. The Hall–Kier alpha value is -4.09. The first-order valence-electron chi connectivity index (χ1n) is 11.5. The third-order valence-electron chi connectivity index (χ3n) is 6.34. The number of imidazole rings is 1. The summed E-state index contributed by atoms with van der Waals surface area (Å²) in [5.74, 6) is 0.485. The van der Waals surface area contributed by atoms with Crippen LogP contribution in [0.4, 0.5) is 17.2 Å². The van der Waals surface area contributed by atoms with E-state index in [2.05, 4.69) is 20.2 Å². The molecule has 0 spiro atoms. The Kier molecular flexibility index (Phi) is 6.85. The molecule has 0 aliphatic carbocycles. The van der Waals surface area contributed by atoms with E-state index in [1.165, 1.54) is 6.07 Å². The Morgan fingerprint density at radius 3 is 2.24 bits per heavy atom. The van der Waals surface area contributed by atoms with E-state index >= 15 is 0 Å². The number of benzene rings is 3. The lowest BCUT2D eigenvalue weighted by molar-refractivity contribution is -0.664. The highest BCUT2D eigenvalue weighted by Gasteiger charge is 2.27. The number of hydrogen-bond donors (Lipinski definition) is 4. The monoisotopic (exact) mass is 522 g/mol. The number of rotatable bonds is 8. The van der Waals surface area contributed by atoms with Crippen LogP contribution in [-0.2, 0) is 21.9 Å². The molecule has 4 aromatic rings. The average Bonchev–Trinajstić information content (AvgIpc) is 3.17. The van der Waals surface area contributed by atoms with Crippen LogP contribution in [0.2, 0.25) is 0 Å². The molecule has 3 aromatic carbocycles. The molecule has 4 N–H and O–H groups in total. The normalized spacial score (nSPS) is 11.9. The zero-order chi connectivity index (χ0) is 27.0. The van der Waals surface area contributed by atoms with Gasteiger partial charge in [-0.05, 0) is 55.6 Å². The molecule has 0 bridgehead atoms. The van der Waals surface area contributed by atoms with Crippen LogP contribution in [0, 0.1) is 17.2 Å². The van der Waals surface area contributed by atoms with Gasteiger partial charge < -0.3 is 10.4 Å². The highest BCUT2D eigenvalue weighted by Crippen LogP contribution is 2.33. The molecule has 0 fully saturated rings. The van der Waals surface area contributed by atoms with E-state index in [0.29, 0.717) is 33.7 Å². The Labute approximate surface area is 214 Å². The first-order chi connectivity index (χ1) is 17.5. The van der Waals surface area contributed by atoms with Gasteiger partial charge in [0.25, 0.3) is 15.8 Å². The summed E-state index contributed by atoms with van der Waals surface area (Å²) < 4.78 is 31.2. The minimum absolute atomic E-state index is 0.0913. The van der Waals surface area contributed by atoms with E-state index < -0.39 is 15.4 Å². The van der Waals surface area contributed by atoms with Crippen molar-refractivity contribution in [1.29, 1.82) is 0 Å². The highest BCUT2D eigenvalue weighted by molar-refractivity contribution is 7.93. The van der Waals surface area contributed by atoms with Crippen LogP contribution in [0.1, 0.15) is 19.5 Å². The Balaban J connectivity index is 1.66. The zero-order valence-corrected chi connectivity index (χ0v) is 21.7. The van der Waals surface area contributed by atoms with Crippen molar-refractivity contribution in [3.63, 3.8) is 0 Å². The van der Waals surface area contributed by atoms with Crippen molar-refractivity contribution in [2.75, 3.05) is 16.6 Å². The van der Waals surface area contributed by atoms with Gasteiger partial charge in [0.15, 0.2) is 5.69 Å². The molecule has 37 heavy (non-hydrogen) atoms. The maximum atomic E-state index is 13.4. The SMILES string of the molecule is Cc1c(N=O)[nH]c(-c2ccc(S(=O)(=O)Nc3ccc(NC(=O)C(C)(C)CO)cc3)c3ccccc23)[n+]1C. The quantitative estimate of drug-likeness (QED) is 0.203. The molecule has 0 aliphatic heterocycles. The van der Waals surface area contributed by atoms with E-state index in [-0.39, 0.29) is 23.2 Å². The van der Waals surface area contributed by atoms with Crippen molar-refractivity contribution < 1.29 is 22.9 Å². The predicted octanol–water partition coefficient (Wildman–Crippen LogP) is 4.12. The van der Waals surface area contributed by atoms with Crippen molar-refractivity contribution in [1.82, 2.24) is 4.98 Å². The van der Waals surface area contributed by atoms with E-state index in [1.807, 2.05) is 12.1 Å². The lowest BCUT2D eigenvalue weighted by atomic mass is 9.93. The van der Waals surface area contributed by atoms with Crippen LogP contribution in [0.5, 0.6) is 0 Å². The number of fused-ring (bicyclic) bond motifs is 1. The number of aliphatic hydroxyl groups excluding tert-OH is 1. The summed E-state index contributed by atoms with van der Waals surface area (Å²) in [7, 11) is -2.18. The Morgan fingerprint density at radius 2 is 1.65 bits per heavy atom. The first kappa shape index (κ1) is 26.0. The third-order valence-corrected chi connectivity index (χ3v) is 7.78. The predicted molar refractivity (Wildman–Crippen MR) is 142 cm³/mol. The molecule has 10 nitrogen and oxygen atoms in total. The van der Waals surface area contributed by atoms with Gasteiger partial charge in [0.1, 0.15) is 0 Å². The van der Waals surface area contributed by atoms with E-state index in [1.54, 1.807) is 74.9 Å². The number of nitrogens with zero attached hydrogens (tertiary/aromatic N) is 2. The fourth-order valence-corrected chi connectivity index (χ4v) is 5.14. The van der Waals surface area contributed by atoms with Crippen molar-refractivity contribution in [2.24, 2.45) is 17.6 Å². The molecule has 1 heterocycles. The molecular formula is C26H28N5O5S+. The van der Waals surface area contributed by atoms with Crippen LogP contribution in [0.25, 0.3) is 22.2 Å². The van der Waals surface area contributed by atoms with E-state index in [9.17, 15) is 23.2 Å². The maximum absolute atomic E-state index is 13.4. The van der Waals surface area contributed by atoms with Crippen LogP contribution >= 0.6 is 0 Å². The van der Waals surface area contributed by atoms with Crippen molar-refractivity contribution in [3.8, 4) is 11.4 Å². The summed E-state index contributed by atoms with van der Waals surface area (Å²) in [5, 5.41) is 16.3. The largest absolute Gasteiger partial charge is 0.395 e. The van der Waals surface area contributed by atoms with E-state index in [4.69, 9.17) is 0 Å². The lowest BCUT2D eigenvalue weighted by Gasteiger charge is -2.20. The second-order valence-corrected chi connectivity index (χ2v) is 11.0. The second kappa shape index (κ2) is 9.75. The number of H-pyrrole nitrogens is 1. The van der Waals surface area contributed by atoms with Crippen molar-refractivity contribution >= 4 is 43.9 Å². The number of sulfonamides is 1. The number of aliphatic hydroxyl groups is 1. The summed E-state index contributed by atoms with van der Waals surface area (Å²) in [5.41, 5.74) is 1.23. The fraction of sp³-hybridized carbons (Fsp3) is 0.231. The second-order valence-electron chi connectivity index (χ2n) is 9.39. The summed E-state index contributed by atoms with van der Waals surface area (Å²) in [6.45, 7) is 4.71. The van der Waals surface area contributed by atoms with Crippen LogP contribution < -0.4 is 14.6 Å². The maximum Gasteiger partial charge on any atom is 0.301 e. The molecular weight excluding hydrogens is 494 g/mol. The Morgan fingerprint density at radius 1 is 1.03 bits per heavy atom. The van der Waals surface area contributed by atoms with Gasteiger partial charge >= 0.3 is 5.82 Å². The number of aromatic amines is 1. The van der Waals surface area contributed by atoms with Crippen molar-refractivity contribution in [3.05, 3.63) is 71.3 Å². The highest BCUT2D eigenvalue weighted by atomic mass is 32.2. The molecule has 0 atom stereocenters. The number of amides is 1. The number of aromatic nitrogens is 2. The smallest absolute Gasteiger partial charge is 0.301 e. The van der Waals surface area contributed by atoms with Crippen molar-refractivity contribution in [2.45, 2.75) is 25.7 Å². The lowest BCUT2D eigenvalue weighted by Crippen LogP contribution is -2.33.